The minimum Gasteiger partial charge on any atom is -0.380 e. The first kappa shape index (κ1) is 42.2. The van der Waals surface area contributed by atoms with Gasteiger partial charge in [0.1, 0.15) is 27.0 Å². The summed E-state index contributed by atoms with van der Waals surface area (Å²) in [5.74, 6) is -3.45. The average Bonchev–Trinajstić information content (AvgIpc) is 3.52. The molecule has 0 saturated carbocycles. The van der Waals surface area contributed by atoms with E-state index in [0.717, 1.165) is 54.4 Å². The number of amides is 4. The first-order valence-electron chi connectivity index (χ1n) is 20.7. The molecule has 62 heavy (non-hydrogen) atoms. The minimum atomic E-state index is -2.53. The Hall–Kier alpha value is -6.46. The van der Waals surface area contributed by atoms with E-state index < -0.39 is 31.8 Å². The van der Waals surface area contributed by atoms with E-state index in [1.165, 1.54) is 7.05 Å². The second-order valence-electron chi connectivity index (χ2n) is 16.2. The average molecular weight is 863 g/mol. The predicted octanol–water partition coefficient (Wildman–Crippen LogP) is 6.07. The summed E-state index contributed by atoms with van der Waals surface area (Å²) in [5.41, 5.74) is 4.76. The van der Waals surface area contributed by atoms with Crippen molar-refractivity contribution in [2.45, 2.75) is 51.6 Å². The SMILES string of the molecule is CN(N=Nc1ccc(NC(=O)CCOCCC(=O)ON2C(=O)CCC2=O)cc1)C(=O)c1ccccc1C1=C2C=C(F)C(=[N+]3CCC3)C=C2[Si](C)(C)c2cc(N3CCC3)c(F)cc21. The molecule has 4 aliphatic heterocycles. The van der Waals surface area contributed by atoms with Gasteiger partial charge in [0.15, 0.2) is 5.83 Å². The third-order valence-electron chi connectivity index (χ3n) is 11.7. The largest absolute Gasteiger partial charge is 0.380 e. The second kappa shape index (κ2) is 17.5. The molecule has 1 N–H and O–H groups in total. The number of carbonyl (C=O) groups excluding carboxylic acids is 5. The van der Waals surface area contributed by atoms with Crippen molar-refractivity contribution in [2.75, 3.05) is 56.7 Å². The van der Waals surface area contributed by atoms with Crippen LogP contribution in [0.15, 0.2) is 99.7 Å². The molecule has 0 bridgehead atoms. The Morgan fingerprint density at radius 3 is 2.29 bits per heavy atom. The molecule has 0 atom stereocenters. The number of fused-ring (bicyclic) bond motifs is 2. The molecule has 3 saturated heterocycles. The molecule has 17 heteroatoms. The van der Waals surface area contributed by atoms with Gasteiger partial charge in [0.05, 0.1) is 43.9 Å². The smallest absolute Gasteiger partial charge is 0.335 e. The summed E-state index contributed by atoms with van der Waals surface area (Å²) in [6.07, 6.45) is 5.34. The molecule has 0 unspecified atom stereocenters. The number of nitrogens with zero attached hydrogens (tertiary/aromatic N) is 6. The molecule has 3 aromatic carbocycles. The zero-order valence-electron chi connectivity index (χ0n) is 34.7. The number of hydroxylamine groups is 2. The second-order valence-corrected chi connectivity index (χ2v) is 20.5. The minimum absolute atomic E-state index is 0.00140. The molecule has 0 radical (unpaired) electrons. The molecule has 1 aliphatic carbocycles. The molecular weight excluding hydrogens is 817 g/mol. The molecule has 4 amide bonds. The lowest BCUT2D eigenvalue weighted by atomic mass is 9.86. The molecule has 3 fully saturated rings. The number of ether oxygens (including phenoxy) is 1. The first-order chi connectivity index (χ1) is 29.8. The first-order valence-corrected chi connectivity index (χ1v) is 23.7. The van der Waals surface area contributed by atoms with Gasteiger partial charge in [-0.05, 0) is 87.6 Å². The highest BCUT2D eigenvalue weighted by atomic mass is 28.3. The van der Waals surface area contributed by atoms with E-state index in [4.69, 9.17) is 9.57 Å². The van der Waals surface area contributed by atoms with E-state index in [-0.39, 0.29) is 56.4 Å². The van der Waals surface area contributed by atoms with Gasteiger partial charge in [0.2, 0.25) is 11.6 Å². The van der Waals surface area contributed by atoms with Crippen LogP contribution in [0.4, 0.5) is 25.8 Å². The fraction of sp³-hybridized carbons (Fsp3) is 0.333. The Balaban J connectivity index is 0.954. The van der Waals surface area contributed by atoms with Gasteiger partial charge in [0, 0.05) is 50.3 Å². The lowest BCUT2D eigenvalue weighted by Crippen LogP contribution is -2.51. The van der Waals surface area contributed by atoms with Gasteiger partial charge in [-0.3, -0.25) is 19.2 Å². The maximum atomic E-state index is 16.1. The van der Waals surface area contributed by atoms with Crippen LogP contribution in [0.2, 0.25) is 13.1 Å². The van der Waals surface area contributed by atoms with Crippen molar-refractivity contribution in [1.29, 1.82) is 0 Å². The number of halogens is 2. The number of hydrogen-bond donors (Lipinski definition) is 1. The van der Waals surface area contributed by atoms with Crippen LogP contribution in [0.5, 0.6) is 0 Å². The quantitative estimate of drug-likeness (QED) is 0.0543. The third kappa shape index (κ3) is 8.41. The topological polar surface area (TPSA) is 153 Å². The van der Waals surface area contributed by atoms with Gasteiger partial charge in [-0.15, -0.1) is 10.2 Å². The molecule has 14 nitrogen and oxygen atoms in total. The number of imide groups is 1. The fourth-order valence-electron chi connectivity index (χ4n) is 8.03. The number of benzene rings is 3. The summed E-state index contributed by atoms with van der Waals surface area (Å²) >= 11 is 0. The van der Waals surface area contributed by atoms with Crippen molar-refractivity contribution in [3.63, 3.8) is 0 Å². The standard InChI is InChI=1S/C45H45F2N7O7Si/c1-51(50-49-29-12-10-28(11-13-29)48-40(55)16-22-60-23-17-43(58)61-54-41(56)14-15-42(54)57)45(59)31-9-5-4-8-30(31)44-32-24-34(46)36(52-18-6-19-52)26-38(32)62(2,3)39-27-37(53-20-7-21-53)35(47)25-33(39)44/h4-5,8-13,24-27H,6-7,14-23H2,1-3H3/p+1. The van der Waals surface area contributed by atoms with Gasteiger partial charge in [-0.2, -0.15) is 4.39 Å². The highest BCUT2D eigenvalue weighted by Crippen LogP contribution is 2.45. The molecule has 5 aliphatic rings. The van der Waals surface area contributed by atoms with Crippen molar-refractivity contribution in [3.05, 3.63) is 112 Å². The monoisotopic (exact) mass is 862 g/mol. The lowest BCUT2D eigenvalue weighted by molar-refractivity contribution is -0.582. The van der Waals surface area contributed by atoms with Crippen molar-refractivity contribution in [3.8, 4) is 0 Å². The van der Waals surface area contributed by atoms with Crippen LogP contribution >= 0.6 is 0 Å². The number of allylic oxidation sites excluding steroid dienone is 5. The van der Waals surface area contributed by atoms with E-state index >= 15 is 8.78 Å². The van der Waals surface area contributed by atoms with E-state index in [9.17, 15) is 24.0 Å². The van der Waals surface area contributed by atoms with Crippen LogP contribution in [-0.4, -0.2) is 104 Å². The van der Waals surface area contributed by atoms with Gasteiger partial charge >= 0.3 is 5.97 Å². The van der Waals surface area contributed by atoms with Crippen molar-refractivity contribution < 1.29 is 46.9 Å². The number of anilines is 2. The lowest BCUT2D eigenvalue weighted by Gasteiger charge is -2.40. The zero-order valence-corrected chi connectivity index (χ0v) is 35.7. The highest BCUT2D eigenvalue weighted by molar-refractivity contribution is 6.98. The third-order valence-corrected chi connectivity index (χ3v) is 15.3. The number of hydrogen-bond acceptors (Lipinski definition) is 10. The summed E-state index contributed by atoms with van der Waals surface area (Å²) in [5, 5.41) is 14.8. The van der Waals surface area contributed by atoms with Crippen LogP contribution in [-0.2, 0) is 28.8 Å². The summed E-state index contributed by atoms with van der Waals surface area (Å²) in [6, 6.07) is 17.1. The van der Waals surface area contributed by atoms with Crippen LogP contribution in [0, 0.1) is 5.82 Å². The number of rotatable bonds is 13. The van der Waals surface area contributed by atoms with Crippen LogP contribution in [0.25, 0.3) is 5.57 Å². The fourth-order valence-corrected chi connectivity index (χ4v) is 11.1. The van der Waals surface area contributed by atoms with E-state index in [0.29, 0.717) is 55.7 Å². The Morgan fingerprint density at radius 2 is 1.61 bits per heavy atom. The molecular formula is C45H46F2N7O7Si+. The Kier molecular flexibility index (Phi) is 11.9. The summed E-state index contributed by atoms with van der Waals surface area (Å²) in [6.45, 7) is 7.53. The Morgan fingerprint density at radius 1 is 0.903 bits per heavy atom. The van der Waals surface area contributed by atoms with Crippen molar-refractivity contribution >= 4 is 71.2 Å². The number of nitrogens with one attached hydrogen (secondary N) is 1. The van der Waals surface area contributed by atoms with E-state index in [1.54, 1.807) is 48.5 Å². The van der Waals surface area contributed by atoms with E-state index in [1.807, 2.05) is 33.8 Å². The van der Waals surface area contributed by atoms with Gasteiger partial charge < -0.3 is 19.8 Å². The van der Waals surface area contributed by atoms with Crippen LogP contribution < -0.4 is 15.4 Å². The zero-order chi connectivity index (χ0) is 43.7. The summed E-state index contributed by atoms with van der Waals surface area (Å²) in [7, 11) is -1.05. The van der Waals surface area contributed by atoms with Crippen molar-refractivity contribution in [2.24, 2.45) is 10.3 Å². The molecule has 8 rings (SSSR count). The Labute approximate surface area is 357 Å². The van der Waals surface area contributed by atoms with Gasteiger partial charge in [0.25, 0.3) is 17.7 Å². The van der Waals surface area contributed by atoms with Crippen LogP contribution in [0.3, 0.4) is 0 Å². The molecule has 320 valence electrons. The van der Waals surface area contributed by atoms with Gasteiger partial charge in [-0.25, -0.2) is 18.8 Å². The summed E-state index contributed by atoms with van der Waals surface area (Å²) in [4.78, 5) is 68.6. The van der Waals surface area contributed by atoms with Crippen LogP contribution in [0.1, 0.15) is 60.0 Å². The predicted molar refractivity (Wildman–Crippen MR) is 229 cm³/mol. The molecule has 0 spiro atoms. The number of carbonyl (C=O) groups is 5. The Bertz CT molecular complexity index is 2520. The molecule has 4 heterocycles. The normalized spacial score (nSPS) is 17.9. The molecule has 0 aromatic heterocycles. The van der Waals surface area contributed by atoms with Gasteiger partial charge in [-0.1, -0.05) is 36.5 Å². The summed E-state index contributed by atoms with van der Waals surface area (Å²) < 4.78 is 39.6. The highest BCUT2D eigenvalue weighted by Gasteiger charge is 2.44. The maximum absolute atomic E-state index is 16.1. The molecule has 3 aromatic rings. The van der Waals surface area contributed by atoms with E-state index in [2.05, 4.69) is 28.7 Å². The van der Waals surface area contributed by atoms with Crippen molar-refractivity contribution in [1.82, 2.24) is 10.1 Å². The maximum Gasteiger partial charge on any atom is 0.335 e.